The van der Waals surface area contributed by atoms with E-state index in [0.717, 1.165) is 12.8 Å². The van der Waals surface area contributed by atoms with Gasteiger partial charge in [0.15, 0.2) is 0 Å². The lowest BCUT2D eigenvalue weighted by Gasteiger charge is -2.29. The molecule has 0 heterocycles. The summed E-state index contributed by atoms with van der Waals surface area (Å²) in [4.78, 5) is 12.4. The van der Waals surface area contributed by atoms with Gasteiger partial charge in [-0.15, -0.1) is 0 Å². The Morgan fingerprint density at radius 3 is 2.61 bits per heavy atom. The fourth-order valence-corrected chi connectivity index (χ4v) is 4.51. The van der Waals surface area contributed by atoms with Crippen LogP contribution < -0.4 is 16.8 Å². The van der Waals surface area contributed by atoms with E-state index in [9.17, 15) is 4.79 Å². The lowest BCUT2D eigenvalue weighted by atomic mass is 9.84. The second-order valence-corrected chi connectivity index (χ2v) is 6.48. The number of amides is 1. The van der Waals surface area contributed by atoms with Crippen molar-refractivity contribution in [1.29, 1.82) is 0 Å². The molecular weight excluding hydrogens is 226 g/mol. The third kappa shape index (κ3) is 1.95. The van der Waals surface area contributed by atoms with Gasteiger partial charge in [0.1, 0.15) is 0 Å². The van der Waals surface area contributed by atoms with Gasteiger partial charge in [-0.3, -0.25) is 4.79 Å². The molecule has 0 aromatic carbocycles. The number of carbonyl (C=O) groups excluding carboxylic acids is 1. The minimum absolute atomic E-state index is 0.0720. The summed E-state index contributed by atoms with van der Waals surface area (Å²) in [5, 5.41) is 3.24. The van der Waals surface area contributed by atoms with Crippen molar-refractivity contribution in [3.8, 4) is 0 Å². The van der Waals surface area contributed by atoms with Crippen molar-refractivity contribution in [2.75, 3.05) is 6.54 Å². The molecule has 0 aliphatic heterocycles. The summed E-state index contributed by atoms with van der Waals surface area (Å²) >= 11 is 0. The minimum atomic E-state index is 0.0720. The molecule has 6 unspecified atom stereocenters. The highest BCUT2D eigenvalue weighted by Gasteiger charge is 2.49. The third-order valence-corrected chi connectivity index (χ3v) is 5.57. The molecule has 3 saturated carbocycles. The summed E-state index contributed by atoms with van der Waals surface area (Å²) in [7, 11) is 0. The second-order valence-electron chi connectivity index (χ2n) is 6.48. The summed E-state index contributed by atoms with van der Waals surface area (Å²) in [5.74, 6) is 1.90. The van der Waals surface area contributed by atoms with Crippen molar-refractivity contribution in [2.24, 2.45) is 35.1 Å². The van der Waals surface area contributed by atoms with Crippen molar-refractivity contribution in [3.05, 3.63) is 0 Å². The molecule has 3 fully saturated rings. The van der Waals surface area contributed by atoms with Crippen LogP contribution in [0.5, 0.6) is 0 Å². The molecule has 0 radical (unpaired) electrons. The fourth-order valence-electron chi connectivity index (χ4n) is 4.51. The average molecular weight is 251 g/mol. The van der Waals surface area contributed by atoms with Gasteiger partial charge in [0, 0.05) is 12.1 Å². The van der Waals surface area contributed by atoms with Gasteiger partial charge in [0.05, 0.1) is 5.92 Å². The molecule has 2 bridgehead atoms. The van der Waals surface area contributed by atoms with Crippen LogP contribution in [0, 0.1) is 23.7 Å². The van der Waals surface area contributed by atoms with Crippen LogP contribution >= 0.6 is 0 Å². The number of fused-ring (bicyclic) bond motifs is 2. The van der Waals surface area contributed by atoms with E-state index in [1.807, 2.05) is 0 Å². The Hall–Kier alpha value is -0.610. The first kappa shape index (κ1) is 12.4. The fraction of sp³-hybridized carbons (Fsp3) is 0.929. The molecule has 6 atom stereocenters. The molecule has 3 aliphatic rings. The van der Waals surface area contributed by atoms with E-state index in [0.29, 0.717) is 30.3 Å². The van der Waals surface area contributed by atoms with Gasteiger partial charge in [0.2, 0.25) is 5.91 Å². The van der Waals surface area contributed by atoms with Crippen LogP contribution in [0.25, 0.3) is 0 Å². The number of nitrogens with one attached hydrogen (secondary N) is 1. The molecule has 0 saturated heterocycles. The molecule has 4 heteroatoms. The van der Waals surface area contributed by atoms with Crippen molar-refractivity contribution in [3.63, 3.8) is 0 Å². The summed E-state index contributed by atoms with van der Waals surface area (Å²) < 4.78 is 0. The van der Waals surface area contributed by atoms with E-state index in [1.165, 1.54) is 25.7 Å². The average Bonchev–Trinajstić information content (AvgIpc) is 3.03. The lowest BCUT2D eigenvalue weighted by molar-refractivity contribution is -0.128. The molecule has 0 aromatic rings. The number of nitrogens with two attached hydrogens (primary N) is 2. The molecule has 1 amide bonds. The van der Waals surface area contributed by atoms with Gasteiger partial charge in [-0.2, -0.15) is 0 Å². The van der Waals surface area contributed by atoms with Gasteiger partial charge in [0.25, 0.3) is 0 Å². The predicted octanol–water partition coefficient (Wildman–Crippen LogP) is 0.603. The van der Waals surface area contributed by atoms with Crippen molar-refractivity contribution >= 4 is 5.91 Å². The Morgan fingerprint density at radius 1 is 1.17 bits per heavy atom. The first-order chi connectivity index (χ1) is 8.70. The summed E-state index contributed by atoms with van der Waals surface area (Å²) in [6, 6.07) is 0.398. The highest BCUT2D eigenvalue weighted by atomic mass is 16.2. The van der Waals surface area contributed by atoms with Crippen LogP contribution in [-0.4, -0.2) is 24.5 Å². The van der Waals surface area contributed by atoms with Crippen LogP contribution in [0.2, 0.25) is 0 Å². The Morgan fingerprint density at radius 2 is 1.94 bits per heavy atom. The third-order valence-electron chi connectivity index (χ3n) is 5.57. The van der Waals surface area contributed by atoms with Crippen LogP contribution in [0.4, 0.5) is 0 Å². The normalized spacial score (nSPS) is 46.6. The molecule has 3 aliphatic carbocycles. The molecule has 5 N–H and O–H groups in total. The Balaban J connectivity index is 1.61. The van der Waals surface area contributed by atoms with Crippen LogP contribution in [-0.2, 0) is 4.79 Å². The molecule has 102 valence electrons. The highest BCUT2D eigenvalue weighted by molar-refractivity contribution is 5.80. The van der Waals surface area contributed by atoms with Gasteiger partial charge in [-0.25, -0.2) is 0 Å². The van der Waals surface area contributed by atoms with Crippen molar-refractivity contribution in [2.45, 2.75) is 50.6 Å². The van der Waals surface area contributed by atoms with E-state index in [-0.39, 0.29) is 17.9 Å². The molecule has 3 rings (SSSR count). The van der Waals surface area contributed by atoms with Crippen LogP contribution in [0.15, 0.2) is 0 Å². The van der Waals surface area contributed by atoms with E-state index < -0.39 is 0 Å². The molecule has 0 aromatic heterocycles. The maximum atomic E-state index is 12.4. The number of hydrogen-bond acceptors (Lipinski definition) is 3. The second kappa shape index (κ2) is 4.82. The molecule has 18 heavy (non-hydrogen) atoms. The quantitative estimate of drug-likeness (QED) is 0.687. The molecular formula is C14H25N3O. The molecule has 0 spiro atoms. The smallest absolute Gasteiger partial charge is 0.225 e. The van der Waals surface area contributed by atoms with Gasteiger partial charge in [-0.1, -0.05) is 6.42 Å². The maximum Gasteiger partial charge on any atom is 0.225 e. The standard InChI is InChI=1S/C14H25N3O/c15-7-10-2-1-3-11(10)17-14(18)12-8-4-5-9(6-8)13(12)16/h8-13H,1-7,15-16H2,(H,17,18). The van der Waals surface area contributed by atoms with Gasteiger partial charge >= 0.3 is 0 Å². The van der Waals surface area contributed by atoms with Gasteiger partial charge < -0.3 is 16.8 Å². The Bertz CT molecular complexity index is 331. The molecule has 4 nitrogen and oxygen atoms in total. The first-order valence-electron chi connectivity index (χ1n) is 7.46. The van der Waals surface area contributed by atoms with Gasteiger partial charge in [-0.05, 0) is 56.4 Å². The number of hydrogen-bond donors (Lipinski definition) is 3. The predicted molar refractivity (Wildman–Crippen MR) is 70.6 cm³/mol. The number of rotatable bonds is 3. The van der Waals surface area contributed by atoms with Crippen molar-refractivity contribution in [1.82, 2.24) is 5.32 Å². The van der Waals surface area contributed by atoms with E-state index in [4.69, 9.17) is 11.5 Å². The van der Waals surface area contributed by atoms with E-state index >= 15 is 0 Å². The topological polar surface area (TPSA) is 81.1 Å². The zero-order chi connectivity index (χ0) is 12.7. The number of carbonyl (C=O) groups is 1. The highest BCUT2D eigenvalue weighted by Crippen LogP contribution is 2.47. The first-order valence-corrected chi connectivity index (χ1v) is 7.46. The van der Waals surface area contributed by atoms with Crippen LogP contribution in [0.3, 0.4) is 0 Å². The van der Waals surface area contributed by atoms with E-state index in [2.05, 4.69) is 5.32 Å². The maximum absolute atomic E-state index is 12.4. The zero-order valence-electron chi connectivity index (χ0n) is 11.0. The monoisotopic (exact) mass is 251 g/mol. The Kier molecular flexibility index (Phi) is 3.32. The van der Waals surface area contributed by atoms with Crippen molar-refractivity contribution < 1.29 is 4.79 Å². The summed E-state index contributed by atoms with van der Waals surface area (Å²) in [6.07, 6.45) is 7.03. The van der Waals surface area contributed by atoms with E-state index in [1.54, 1.807) is 0 Å². The lowest BCUT2D eigenvalue weighted by Crippen LogP contribution is -2.49. The largest absolute Gasteiger partial charge is 0.353 e. The summed E-state index contributed by atoms with van der Waals surface area (Å²) in [6.45, 7) is 0.688. The van der Waals surface area contributed by atoms with Crippen LogP contribution in [0.1, 0.15) is 38.5 Å². The Labute approximate surface area is 109 Å². The zero-order valence-corrected chi connectivity index (χ0v) is 11.0. The SMILES string of the molecule is NCC1CCCC1NC(=O)C1C2CCC(C2)C1N. The minimum Gasteiger partial charge on any atom is -0.353 e. The summed E-state index contributed by atoms with van der Waals surface area (Å²) in [5.41, 5.74) is 12.0.